The van der Waals surface area contributed by atoms with E-state index in [2.05, 4.69) is 10.3 Å². The maximum Gasteiger partial charge on any atom is 0.433 e. The molecule has 150 valence electrons. The highest BCUT2D eigenvalue weighted by Gasteiger charge is 2.33. The number of nitrogens with zero attached hydrogens (tertiary/aromatic N) is 1. The Morgan fingerprint density at radius 3 is 2.57 bits per heavy atom. The third-order valence-electron chi connectivity index (χ3n) is 4.45. The molecule has 2 N–H and O–H groups in total. The Balaban J connectivity index is 2.15. The number of anilines is 1. The van der Waals surface area contributed by atoms with Crippen LogP contribution in [0.3, 0.4) is 0 Å². The summed E-state index contributed by atoms with van der Waals surface area (Å²) in [6.07, 6.45) is -0.457. The monoisotopic (exact) mass is 413 g/mol. The first-order valence-corrected chi connectivity index (χ1v) is 10.3. The quantitative estimate of drug-likeness (QED) is 0.804. The molecule has 0 spiro atoms. The lowest BCUT2D eigenvalue weighted by atomic mass is 9.93. The lowest BCUT2D eigenvalue weighted by molar-refractivity contribution is -0.141. The Labute approximate surface area is 160 Å². The maximum atomic E-state index is 13.1. The van der Waals surface area contributed by atoms with Gasteiger partial charge in [-0.05, 0) is 60.6 Å². The number of alkyl halides is 3. The van der Waals surface area contributed by atoms with Gasteiger partial charge in [0.15, 0.2) is 0 Å². The van der Waals surface area contributed by atoms with E-state index in [4.69, 9.17) is 0 Å². The number of fused-ring (bicyclic) bond motifs is 1. The van der Waals surface area contributed by atoms with Gasteiger partial charge in [-0.15, -0.1) is 0 Å². The Kier molecular flexibility index (Phi) is 5.09. The minimum atomic E-state index is -4.61. The number of benzene rings is 1. The van der Waals surface area contributed by atoms with Crippen LogP contribution >= 0.6 is 0 Å². The summed E-state index contributed by atoms with van der Waals surface area (Å²) in [6.45, 7) is 1.74. The van der Waals surface area contributed by atoms with Crippen molar-refractivity contribution >= 4 is 21.7 Å². The predicted octanol–water partition coefficient (Wildman–Crippen LogP) is 3.65. The van der Waals surface area contributed by atoms with Gasteiger partial charge in [-0.2, -0.15) is 13.2 Å². The van der Waals surface area contributed by atoms with E-state index in [1.807, 2.05) is 10.8 Å². The standard InChI is InChI=1S/C18H18F3N3O3S/c1-10-8-11-4-3-5-13(11)16(23-17(25)24-28(2,26)27)15(10)12-6-7-22-14(9-12)18(19,20)21/h6-9H,3-5H2,1-2H3,(H2,23,24,25). The fourth-order valence-corrected chi connectivity index (χ4v) is 3.84. The first-order valence-electron chi connectivity index (χ1n) is 8.43. The summed E-state index contributed by atoms with van der Waals surface area (Å²) in [5, 5.41) is 2.53. The van der Waals surface area contributed by atoms with E-state index in [-0.39, 0.29) is 5.56 Å². The third kappa shape index (κ3) is 4.27. The van der Waals surface area contributed by atoms with Gasteiger partial charge >= 0.3 is 12.2 Å². The van der Waals surface area contributed by atoms with Crippen molar-refractivity contribution in [1.82, 2.24) is 9.71 Å². The number of hydrogen-bond acceptors (Lipinski definition) is 4. The smallest absolute Gasteiger partial charge is 0.306 e. The van der Waals surface area contributed by atoms with Crippen LogP contribution in [0, 0.1) is 6.92 Å². The number of rotatable bonds is 3. The van der Waals surface area contributed by atoms with Crippen LogP contribution in [0.2, 0.25) is 0 Å². The highest BCUT2D eigenvalue weighted by Crippen LogP contribution is 2.41. The number of aromatic nitrogens is 1. The number of nitrogens with one attached hydrogen (secondary N) is 2. The van der Waals surface area contributed by atoms with Crippen molar-refractivity contribution < 1.29 is 26.4 Å². The fraction of sp³-hybridized carbons (Fsp3) is 0.333. The number of aryl methyl sites for hydroxylation is 2. The topological polar surface area (TPSA) is 88.2 Å². The average molecular weight is 413 g/mol. The molecule has 0 atom stereocenters. The van der Waals surface area contributed by atoms with E-state index in [1.54, 1.807) is 6.92 Å². The van der Waals surface area contributed by atoms with Crippen LogP contribution in [-0.4, -0.2) is 25.7 Å². The van der Waals surface area contributed by atoms with Crippen LogP contribution in [0.25, 0.3) is 11.1 Å². The molecule has 1 aromatic heterocycles. The van der Waals surface area contributed by atoms with Crippen LogP contribution in [0.15, 0.2) is 24.4 Å². The zero-order chi connectivity index (χ0) is 20.7. The van der Waals surface area contributed by atoms with Gasteiger partial charge in [-0.25, -0.2) is 17.9 Å². The van der Waals surface area contributed by atoms with Crippen LogP contribution in [0.5, 0.6) is 0 Å². The normalized spacial score (nSPS) is 13.9. The second-order valence-corrected chi connectivity index (χ2v) is 8.44. The Bertz CT molecular complexity index is 1050. The van der Waals surface area contributed by atoms with Crippen molar-refractivity contribution in [3.63, 3.8) is 0 Å². The molecule has 1 heterocycles. The summed E-state index contributed by atoms with van der Waals surface area (Å²) in [4.78, 5) is 15.5. The molecule has 3 rings (SSSR count). The van der Waals surface area contributed by atoms with Gasteiger partial charge in [-0.3, -0.25) is 4.98 Å². The highest BCUT2D eigenvalue weighted by molar-refractivity contribution is 7.89. The number of hydrogen-bond donors (Lipinski definition) is 2. The fourth-order valence-electron chi connectivity index (χ4n) is 3.45. The average Bonchev–Trinajstić information content (AvgIpc) is 3.00. The van der Waals surface area contributed by atoms with Gasteiger partial charge in [0.2, 0.25) is 10.0 Å². The number of halogens is 3. The molecule has 2 aromatic rings. The molecule has 10 heteroatoms. The molecule has 2 amide bonds. The van der Waals surface area contributed by atoms with E-state index in [9.17, 15) is 26.4 Å². The number of amides is 2. The lowest BCUT2D eigenvalue weighted by Crippen LogP contribution is -2.34. The second-order valence-electron chi connectivity index (χ2n) is 6.69. The zero-order valence-corrected chi connectivity index (χ0v) is 16.0. The molecule has 0 fully saturated rings. The summed E-state index contributed by atoms with van der Waals surface area (Å²) in [5.74, 6) is 0. The molecule has 1 aliphatic rings. The lowest BCUT2D eigenvalue weighted by Gasteiger charge is -2.19. The van der Waals surface area contributed by atoms with E-state index >= 15 is 0 Å². The summed E-state index contributed by atoms with van der Waals surface area (Å²) >= 11 is 0. The first kappa shape index (κ1) is 20.1. The molecule has 0 saturated carbocycles. The van der Waals surface area contributed by atoms with Crippen molar-refractivity contribution in [2.45, 2.75) is 32.4 Å². The van der Waals surface area contributed by atoms with Gasteiger partial charge in [-0.1, -0.05) is 6.07 Å². The Hall–Kier alpha value is -2.62. The van der Waals surface area contributed by atoms with Crippen LogP contribution < -0.4 is 10.0 Å². The van der Waals surface area contributed by atoms with E-state index in [0.29, 0.717) is 23.2 Å². The van der Waals surface area contributed by atoms with Gasteiger partial charge in [0.1, 0.15) is 5.69 Å². The SMILES string of the molecule is Cc1cc2c(c(NC(=O)NS(C)(=O)=O)c1-c1ccnc(C(F)(F)F)c1)CCC2. The number of carbonyl (C=O) groups is 1. The Morgan fingerprint density at radius 1 is 1.21 bits per heavy atom. The second kappa shape index (κ2) is 7.08. The molecule has 0 aliphatic heterocycles. The van der Waals surface area contributed by atoms with Crippen LogP contribution in [0.4, 0.5) is 23.7 Å². The first-order chi connectivity index (χ1) is 13.0. The van der Waals surface area contributed by atoms with E-state index in [1.165, 1.54) is 6.07 Å². The van der Waals surface area contributed by atoms with E-state index in [0.717, 1.165) is 42.5 Å². The van der Waals surface area contributed by atoms with Crippen molar-refractivity contribution in [2.24, 2.45) is 0 Å². The number of sulfonamides is 1. The summed E-state index contributed by atoms with van der Waals surface area (Å²) in [7, 11) is -3.79. The van der Waals surface area contributed by atoms with Crippen molar-refractivity contribution in [3.8, 4) is 11.1 Å². The molecule has 1 aromatic carbocycles. The van der Waals surface area contributed by atoms with Crippen molar-refractivity contribution in [3.05, 3.63) is 46.8 Å². The third-order valence-corrected chi connectivity index (χ3v) is 5.01. The highest BCUT2D eigenvalue weighted by atomic mass is 32.2. The van der Waals surface area contributed by atoms with Crippen molar-refractivity contribution in [1.29, 1.82) is 0 Å². The molecule has 0 unspecified atom stereocenters. The van der Waals surface area contributed by atoms with E-state index < -0.39 is 27.9 Å². The summed E-state index contributed by atoms with van der Waals surface area (Å²) in [6, 6.07) is 3.28. The van der Waals surface area contributed by atoms with Crippen LogP contribution in [0.1, 0.15) is 28.8 Å². The van der Waals surface area contributed by atoms with Gasteiger partial charge in [0, 0.05) is 11.8 Å². The molecular weight excluding hydrogens is 395 g/mol. The van der Waals surface area contributed by atoms with Gasteiger partial charge in [0.05, 0.1) is 11.9 Å². The minimum absolute atomic E-state index is 0.240. The molecule has 0 saturated heterocycles. The summed E-state index contributed by atoms with van der Waals surface area (Å²) < 4.78 is 63.8. The summed E-state index contributed by atoms with van der Waals surface area (Å²) in [5.41, 5.74) is 2.40. The zero-order valence-electron chi connectivity index (χ0n) is 15.1. The number of pyridine rings is 1. The number of urea groups is 1. The minimum Gasteiger partial charge on any atom is -0.306 e. The molecule has 6 nitrogen and oxygen atoms in total. The van der Waals surface area contributed by atoms with Gasteiger partial charge < -0.3 is 5.32 Å². The van der Waals surface area contributed by atoms with Crippen LogP contribution in [-0.2, 0) is 29.0 Å². The number of carbonyl (C=O) groups excluding carboxylic acids is 1. The largest absolute Gasteiger partial charge is 0.433 e. The maximum absolute atomic E-state index is 13.1. The molecule has 0 radical (unpaired) electrons. The molecular formula is C18H18F3N3O3S. The molecule has 0 bridgehead atoms. The molecule has 28 heavy (non-hydrogen) atoms. The Morgan fingerprint density at radius 2 is 1.93 bits per heavy atom. The predicted molar refractivity (Wildman–Crippen MR) is 98.4 cm³/mol. The molecule has 1 aliphatic carbocycles. The van der Waals surface area contributed by atoms with Gasteiger partial charge in [0.25, 0.3) is 0 Å². The van der Waals surface area contributed by atoms with Crippen molar-refractivity contribution in [2.75, 3.05) is 11.6 Å².